The van der Waals surface area contributed by atoms with Crippen molar-refractivity contribution in [3.8, 4) is 10.4 Å². The normalized spacial score (nSPS) is 15.6. The largest absolute Gasteiger partial charge is 0.417 e. The molecule has 0 saturated heterocycles. The van der Waals surface area contributed by atoms with Crippen LogP contribution in [0.15, 0.2) is 12.3 Å². The Hall–Kier alpha value is -2.73. The minimum absolute atomic E-state index is 0.0335. The number of amides is 2. The number of anilines is 1. The van der Waals surface area contributed by atoms with E-state index in [1.165, 1.54) is 13.8 Å². The first-order valence-electron chi connectivity index (χ1n) is 10.4. The van der Waals surface area contributed by atoms with Gasteiger partial charge < -0.3 is 21.5 Å². The molecule has 1 atom stereocenters. The fraction of sp³-hybridized carbons (Fsp3) is 0.524. The molecule has 2 aromatic rings. The van der Waals surface area contributed by atoms with Crippen LogP contribution in [0.25, 0.3) is 10.4 Å². The molecule has 0 bridgehead atoms. The maximum Gasteiger partial charge on any atom is 0.417 e. The van der Waals surface area contributed by atoms with E-state index in [-0.39, 0.29) is 28.3 Å². The molecule has 1 aliphatic carbocycles. The van der Waals surface area contributed by atoms with Gasteiger partial charge in [0, 0.05) is 24.3 Å². The Bertz CT molecular complexity index is 1040. The number of aliphatic hydroxyl groups is 1. The number of rotatable bonds is 8. The first-order valence-corrected chi connectivity index (χ1v) is 11.2. The molecule has 2 heterocycles. The number of halogens is 3. The summed E-state index contributed by atoms with van der Waals surface area (Å²) in [6.45, 7) is 4.72. The zero-order chi connectivity index (χ0) is 24.6. The number of carbonyl (C=O) groups excluding carboxylic acids is 2. The van der Waals surface area contributed by atoms with E-state index in [9.17, 15) is 27.9 Å². The fourth-order valence-electron chi connectivity index (χ4n) is 3.38. The minimum Gasteiger partial charge on any atom is -0.389 e. The van der Waals surface area contributed by atoms with Crippen molar-refractivity contribution in [2.45, 2.75) is 57.9 Å². The number of nitrogens with two attached hydrogens (primary N) is 1. The van der Waals surface area contributed by atoms with Crippen LogP contribution < -0.4 is 16.4 Å². The van der Waals surface area contributed by atoms with Crippen molar-refractivity contribution in [1.29, 1.82) is 0 Å². The Morgan fingerprint density at radius 3 is 2.52 bits per heavy atom. The number of nitrogens with one attached hydrogen (secondary N) is 2. The van der Waals surface area contributed by atoms with Crippen molar-refractivity contribution in [2.75, 3.05) is 11.9 Å². The molecular formula is C21H26F3N5O3S. The van der Waals surface area contributed by atoms with Crippen LogP contribution in [-0.2, 0) is 6.18 Å². The third kappa shape index (κ3) is 5.99. The Labute approximate surface area is 192 Å². The number of alkyl halides is 3. The molecule has 1 saturated carbocycles. The van der Waals surface area contributed by atoms with Gasteiger partial charge >= 0.3 is 6.18 Å². The van der Waals surface area contributed by atoms with Crippen LogP contribution >= 0.6 is 11.3 Å². The van der Waals surface area contributed by atoms with Crippen LogP contribution in [0.4, 0.5) is 19.0 Å². The van der Waals surface area contributed by atoms with E-state index < -0.39 is 40.4 Å². The lowest BCUT2D eigenvalue weighted by Gasteiger charge is -2.32. The number of thiazole rings is 1. The fourth-order valence-corrected chi connectivity index (χ4v) is 4.39. The van der Waals surface area contributed by atoms with E-state index in [0.29, 0.717) is 17.3 Å². The van der Waals surface area contributed by atoms with E-state index in [4.69, 9.17) is 5.73 Å². The summed E-state index contributed by atoms with van der Waals surface area (Å²) in [7, 11) is 0. The van der Waals surface area contributed by atoms with Gasteiger partial charge in [0.1, 0.15) is 11.5 Å². The van der Waals surface area contributed by atoms with Gasteiger partial charge in [-0.1, -0.05) is 6.42 Å². The van der Waals surface area contributed by atoms with Crippen LogP contribution in [0.2, 0.25) is 0 Å². The number of nitrogens with zero attached hydrogens (tertiary/aromatic N) is 2. The van der Waals surface area contributed by atoms with E-state index in [1.807, 2.05) is 6.92 Å². The molecular weight excluding hydrogens is 459 g/mol. The second kappa shape index (κ2) is 9.26. The molecule has 0 spiro atoms. The highest BCUT2D eigenvalue weighted by atomic mass is 32.1. The molecule has 0 unspecified atom stereocenters. The number of hydrogen-bond donors (Lipinski definition) is 4. The SMILES string of the molecule is C[C@@H](Nc1cc(C(F)(F)F)c(-c2sc(C(=O)NCC(C)(C)O)nc2C(N)=O)cn1)C1CCC1. The first-order chi connectivity index (χ1) is 15.3. The average molecular weight is 486 g/mol. The van der Waals surface area contributed by atoms with Crippen LogP contribution in [0.3, 0.4) is 0 Å². The van der Waals surface area contributed by atoms with Gasteiger partial charge in [0.2, 0.25) is 0 Å². The quantitative estimate of drug-likeness (QED) is 0.453. The van der Waals surface area contributed by atoms with Gasteiger partial charge in [-0.2, -0.15) is 13.2 Å². The summed E-state index contributed by atoms with van der Waals surface area (Å²) in [6, 6.07) is 0.858. The van der Waals surface area contributed by atoms with E-state index in [2.05, 4.69) is 20.6 Å². The van der Waals surface area contributed by atoms with E-state index >= 15 is 0 Å². The third-order valence-corrected chi connectivity index (χ3v) is 6.51. The zero-order valence-corrected chi connectivity index (χ0v) is 19.2. The number of hydrogen-bond acceptors (Lipinski definition) is 7. The van der Waals surface area contributed by atoms with Gasteiger partial charge in [0.25, 0.3) is 11.8 Å². The summed E-state index contributed by atoms with van der Waals surface area (Å²) < 4.78 is 41.8. The minimum atomic E-state index is -4.75. The lowest BCUT2D eigenvalue weighted by atomic mass is 9.80. The van der Waals surface area contributed by atoms with Crippen molar-refractivity contribution in [3.63, 3.8) is 0 Å². The van der Waals surface area contributed by atoms with Crippen LogP contribution in [0.1, 0.15) is 65.9 Å². The molecule has 5 N–H and O–H groups in total. The van der Waals surface area contributed by atoms with Gasteiger partial charge in [-0.25, -0.2) is 9.97 Å². The van der Waals surface area contributed by atoms with Crippen LogP contribution in [0, 0.1) is 5.92 Å². The second-order valence-electron chi connectivity index (χ2n) is 8.79. The molecule has 12 heteroatoms. The summed E-state index contributed by atoms with van der Waals surface area (Å²) in [5, 5.41) is 15.0. The first kappa shape index (κ1) is 24.9. The van der Waals surface area contributed by atoms with Crippen LogP contribution in [-0.4, -0.2) is 45.1 Å². The summed E-state index contributed by atoms with van der Waals surface area (Å²) >= 11 is 0.601. The Kier molecular flexibility index (Phi) is 6.99. The lowest BCUT2D eigenvalue weighted by Crippen LogP contribution is -2.38. The Morgan fingerprint density at radius 2 is 2.00 bits per heavy atom. The molecule has 2 aromatic heterocycles. The van der Waals surface area contributed by atoms with Crippen molar-refractivity contribution in [2.24, 2.45) is 11.7 Å². The standard InChI is InChI=1S/C21H26F3N5O3S/c1-10(11-5-4-6-11)28-14-7-13(21(22,23)24)12(8-26-14)16-15(17(25)30)29-19(33-16)18(31)27-9-20(2,3)32/h7-8,10-11,32H,4-6,9H2,1-3H3,(H2,25,30)(H,26,28)(H,27,31)/t10-/m1/s1. The molecule has 33 heavy (non-hydrogen) atoms. The molecule has 180 valence electrons. The molecule has 8 nitrogen and oxygen atoms in total. The molecule has 1 aliphatic rings. The van der Waals surface area contributed by atoms with Gasteiger partial charge in [-0.05, 0) is 45.6 Å². The maximum absolute atomic E-state index is 13.9. The number of pyridine rings is 1. The van der Waals surface area contributed by atoms with Crippen molar-refractivity contribution >= 4 is 29.0 Å². The number of carbonyl (C=O) groups is 2. The van der Waals surface area contributed by atoms with Crippen molar-refractivity contribution in [1.82, 2.24) is 15.3 Å². The predicted molar refractivity (Wildman–Crippen MR) is 118 cm³/mol. The van der Waals surface area contributed by atoms with E-state index in [1.54, 1.807) is 0 Å². The summed E-state index contributed by atoms with van der Waals surface area (Å²) in [5.74, 6) is -1.37. The highest BCUT2D eigenvalue weighted by Crippen LogP contribution is 2.41. The predicted octanol–water partition coefficient (Wildman–Crippen LogP) is 3.42. The number of aromatic nitrogens is 2. The van der Waals surface area contributed by atoms with Crippen molar-refractivity contribution < 1.29 is 27.9 Å². The van der Waals surface area contributed by atoms with Gasteiger partial charge in [0.15, 0.2) is 5.01 Å². The monoisotopic (exact) mass is 485 g/mol. The lowest BCUT2D eigenvalue weighted by molar-refractivity contribution is -0.137. The second-order valence-corrected chi connectivity index (χ2v) is 9.79. The molecule has 0 aromatic carbocycles. The van der Waals surface area contributed by atoms with Gasteiger partial charge in [0.05, 0.1) is 16.0 Å². The van der Waals surface area contributed by atoms with Gasteiger partial charge in [-0.3, -0.25) is 9.59 Å². The summed E-state index contributed by atoms with van der Waals surface area (Å²) in [6.07, 6.45) is -0.614. The topological polar surface area (TPSA) is 130 Å². The van der Waals surface area contributed by atoms with Gasteiger partial charge in [-0.15, -0.1) is 11.3 Å². The van der Waals surface area contributed by atoms with E-state index in [0.717, 1.165) is 31.5 Å². The highest BCUT2D eigenvalue weighted by Gasteiger charge is 2.37. The molecule has 0 radical (unpaired) electrons. The highest BCUT2D eigenvalue weighted by molar-refractivity contribution is 7.17. The molecule has 0 aliphatic heterocycles. The number of primary amides is 1. The van der Waals surface area contributed by atoms with Crippen molar-refractivity contribution in [3.05, 3.63) is 28.5 Å². The average Bonchev–Trinajstić information content (AvgIpc) is 3.09. The molecule has 2 amide bonds. The molecule has 3 rings (SSSR count). The molecule has 1 fully saturated rings. The zero-order valence-electron chi connectivity index (χ0n) is 18.4. The Morgan fingerprint density at radius 1 is 1.33 bits per heavy atom. The smallest absolute Gasteiger partial charge is 0.389 e. The maximum atomic E-state index is 13.9. The third-order valence-electron chi connectivity index (χ3n) is 5.42. The summed E-state index contributed by atoms with van der Waals surface area (Å²) in [5.41, 5.74) is 2.26. The summed E-state index contributed by atoms with van der Waals surface area (Å²) in [4.78, 5) is 32.1. The van der Waals surface area contributed by atoms with Crippen LogP contribution in [0.5, 0.6) is 0 Å². The Balaban J connectivity index is 1.98.